The van der Waals surface area contributed by atoms with Gasteiger partial charge in [-0.1, -0.05) is 13.3 Å². The molecule has 0 aromatic heterocycles. The van der Waals surface area contributed by atoms with E-state index in [0.717, 1.165) is 19.3 Å². The Hall–Kier alpha value is 0.200. The van der Waals surface area contributed by atoms with E-state index in [9.17, 15) is 4.79 Å². The lowest BCUT2D eigenvalue weighted by Gasteiger charge is -2.38. The fourth-order valence-corrected chi connectivity index (χ4v) is 1.79. The van der Waals surface area contributed by atoms with Crippen molar-refractivity contribution in [1.29, 1.82) is 0 Å². The highest BCUT2D eigenvalue weighted by atomic mass is 127. The second-order valence-electron chi connectivity index (χ2n) is 3.03. The van der Waals surface area contributed by atoms with E-state index in [-0.39, 0.29) is 11.4 Å². The van der Waals surface area contributed by atoms with E-state index in [1.165, 1.54) is 6.42 Å². The molecule has 11 heavy (non-hydrogen) atoms. The lowest BCUT2D eigenvalue weighted by Crippen LogP contribution is -2.38. The van der Waals surface area contributed by atoms with Crippen LogP contribution in [0.4, 0.5) is 0 Å². The Morgan fingerprint density at radius 1 is 1.64 bits per heavy atom. The summed E-state index contributed by atoms with van der Waals surface area (Å²) in [6, 6.07) is 0. The van der Waals surface area contributed by atoms with Gasteiger partial charge < -0.3 is 4.74 Å². The maximum Gasteiger partial charge on any atom is 0.312 e. The van der Waals surface area contributed by atoms with Gasteiger partial charge in [0.05, 0.1) is 5.41 Å². The van der Waals surface area contributed by atoms with Crippen molar-refractivity contribution in [3.05, 3.63) is 0 Å². The number of alkyl halides is 1. The number of carbonyl (C=O) groups excluding carboxylic acids is 1. The molecule has 1 saturated carbocycles. The average Bonchev–Trinajstić information content (AvgIpc) is 1.87. The Labute approximate surface area is 80.8 Å². The van der Waals surface area contributed by atoms with E-state index >= 15 is 0 Å². The van der Waals surface area contributed by atoms with Gasteiger partial charge in [-0.3, -0.25) is 4.79 Å². The minimum absolute atomic E-state index is 0.0145. The molecule has 0 atom stereocenters. The van der Waals surface area contributed by atoms with Gasteiger partial charge in [-0.15, -0.1) is 0 Å². The van der Waals surface area contributed by atoms with Gasteiger partial charge in [0.2, 0.25) is 0 Å². The molecule has 1 rings (SSSR count). The van der Waals surface area contributed by atoms with Crippen LogP contribution in [0.5, 0.6) is 0 Å². The summed E-state index contributed by atoms with van der Waals surface area (Å²) in [4.78, 5) is 11.4. The maximum atomic E-state index is 11.4. The van der Waals surface area contributed by atoms with Crippen LogP contribution in [-0.2, 0) is 9.53 Å². The first-order valence-corrected chi connectivity index (χ1v) is 5.51. The van der Waals surface area contributed by atoms with Crippen LogP contribution >= 0.6 is 22.6 Å². The van der Waals surface area contributed by atoms with Crippen molar-refractivity contribution in [2.45, 2.75) is 32.6 Å². The first-order valence-electron chi connectivity index (χ1n) is 3.98. The van der Waals surface area contributed by atoms with Gasteiger partial charge in [-0.05, 0) is 41.9 Å². The first kappa shape index (κ1) is 9.29. The average molecular weight is 268 g/mol. The molecule has 0 heterocycles. The summed E-state index contributed by atoms with van der Waals surface area (Å²) in [6.07, 6.45) is 4.17. The molecule has 2 nitrogen and oxygen atoms in total. The predicted octanol–water partition coefficient (Wildman–Crippen LogP) is 2.50. The fourth-order valence-electron chi connectivity index (χ4n) is 1.51. The SMILES string of the molecule is CCC1(C(=O)OCI)CCC1. The summed E-state index contributed by atoms with van der Waals surface area (Å²) < 4.78 is 5.47. The molecule has 0 saturated heterocycles. The van der Waals surface area contributed by atoms with Crippen molar-refractivity contribution in [3.8, 4) is 0 Å². The molecule has 1 aliphatic rings. The number of hydrogen-bond acceptors (Lipinski definition) is 2. The molecule has 0 radical (unpaired) electrons. The van der Waals surface area contributed by atoms with Crippen molar-refractivity contribution in [1.82, 2.24) is 0 Å². The Kier molecular flexibility index (Phi) is 3.16. The summed E-state index contributed by atoms with van der Waals surface area (Å²) in [5.41, 5.74) is -0.0921. The molecular formula is C8H13IO2. The van der Waals surface area contributed by atoms with Crippen LogP contribution in [-0.4, -0.2) is 10.6 Å². The summed E-state index contributed by atoms with van der Waals surface area (Å²) in [5.74, 6) is 0.0145. The summed E-state index contributed by atoms with van der Waals surface area (Å²) in [7, 11) is 0. The number of halogens is 1. The minimum Gasteiger partial charge on any atom is -0.455 e. The van der Waals surface area contributed by atoms with E-state index in [0.29, 0.717) is 4.61 Å². The zero-order valence-electron chi connectivity index (χ0n) is 6.73. The molecule has 1 aliphatic carbocycles. The topological polar surface area (TPSA) is 26.3 Å². The zero-order chi connectivity index (χ0) is 8.32. The Morgan fingerprint density at radius 3 is 2.55 bits per heavy atom. The van der Waals surface area contributed by atoms with Crippen LogP contribution in [0.3, 0.4) is 0 Å². The molecule has 3 heteroatoms. The van der Waals surface area contributed by atoms with Crippen LogP contribution in [0.25, 0.3) is 0 Å². The van der Waals surface area contributed by atoms with E-state index in [1.54, 1.807) is 0 Å². The molecule has 0 aromatic carbocycles. The number of ether oxygens (including phenoxy) is 1. The third-order valence-corrected chi connectivity index (χ3v) is 2.92. The van der Waals surface area contributed by atoms with Crippen molar-refractivity contribution in [2.24, 2.45) is 5.41 Å². The Bertz CT molecular complexity index is 147. The van der Waals surface area contributed by atoms with Crippen LogP contribution in [0.1, 0.15) is 32.6 Å². The normalized spacial score (nSPS) is 20.5. The van der Waals surface area contributed by atoms with Crippen LogP contribution in [0, 0.1) is 5.41 Å². The van der Waals surface area contributed by atoms with Crippen molar-refractivity contribution >= 4 is 28.6 Å². The maximum absolute atomic E-state index is 11.4. The highest BCUT2D eigenvalue weighted by Crippen LogP contribution is 2.44. The second-order valence-corrected chi connectivity index (χ2v) is 3.65. The molecule has 1 fully saturated rings. The number of esters is 1. The number of rotatable bonds is 3. The predicted molar refractivity (Wildman–Crippen MR) is 51.6 cm³/mol. The highest BCUT2D eigenvalue weighted by Gasteiger charge is 2.43. The summed E-state index contributed by atoms with van der Waals surface area (Å²) in [6.45, 7) is 2.06. The van der Waals surface area contributed by atoms with Gasteiger partial charge in [0, 0.05) is 0 Å². The van der Waals surface area contributed by atoms with Crippen LogP contribution in [0.2, 0.25) is 0 Å². The molecule has 0 aliphatic heterocycles. The summed E-state index contributed by atoms with van der Waals surface area (Å²) in [5, 5.41) is 0. The second kappa shape index (κ2) is 3.74. The number of carbonyl (C=O) groups is 1. The molecule has 64 valence electrons. The van der Waals surface area contributed by atoms with Gasteiger partial charge in [0.1, 0.15) is 4.61 Å². The standard InChI is InChI=1S/C8H13IO2/c1-2-8(4-3-5-8)7(10)11-6-9/h2-6H2,1H3. The van der Waals surface area contributed by atoms with E-state index in [2.05, 4.69) is 29.5 Å². The van der Waals surface area contributed by atoms with Crippen molar-refractivity contribution < 1.29 is 9.53 Å². The van der Waals surface area contributed by atoms with Gasteiger partial charge in [0.15, 0.2) is 0 Å². The molecule has 0 N–H and O–H groups in total. The van der Waals surface area contributed by atoms with Gasteiger partial charge in [-0.2, -0.15) is 0 Å². The molecular weight excluding hydrogens is 255 g/mol. The molecule has 0 aromatic rings. The van der Waals surface area contributed by atoms with Crippen molar-refractivity contribution in [2.75, 3.05) is 4.61 Å². The minimum atomic E-state index is -0.0921. The van der Waals surface area contributed by atoms with Gasteiger partial charge in [-0.25, -0.2) is 0 Å². The van der Waals surface area contributed by atoms with E-state index in [4.69, 9.17) is 4.74 Å². The molecule has 0 amide bonds. The van der Waals surface area contributed by atoms with Gasteiger partial charge >= 0.3 is 5.97 Å². The monoisotopic (exact) mass is 268 g/mol. The lowest BCUT2D eigenvalue weighted by molar-refractivity contribution is -0.159. The third kappa shape index (κ3) is 1.68. The third-order valence-electron chi connectivity index (χ3n) is 2.61. The Balaban J connectivity index is 2.47. The van der Waals surface area contributed by atoms with E-state index < -0.39 is 0 Å². The first-order chi connectivity index (χ1) is 5.25. The number of hydrogen-bond donors (Lipinski definition) is 0. The van der Waals surface area contributed by atoms with Crippen molar-refractivity contribution in [3.63, 3.8) is 0 Å². The quantitative estimate of drug-likeness (QED) is 0.446. The lowest BCUT2D eigenvalue weighted by atomic mass is 9.67. The van der Waals surface area contributed by atoms with Crippen LogP contribution < -0.4 is 0 Å². The fraction of sp³-hybridized carbons (Fsp3) is 0.875. The van der Waals surface area contributed by atoms with E-state index in [1.807, 2.05) is 0 Å². The van der Waals surface area contributed by atoms with Crippen LogP contribution in [0.15, 0.2) is 0 Å². The highest BCUT2D eigenvalue weighted by molar-refractivity contribution is 14.1. The molecule has 0 spiro atoms. The van der Waals surface area contributed by atoms with Gasteiger partial charge in [0.25, 0.3) is 0 Å². The molecule has 0 unspecified atom stereocenters. The summed E-state index contributed by atoms with van der Waals surface area (Å²) >= 11 is 2.06. The smallest absolute Gasteiger partial charge is 0.312 e. The largest absolute Gasteiger partial charge is 0.455 e. The zero-order valence-corrected chi connectivity index (χ0v) is 8.89. The molecule has 0 bridgehead atoms. The Morgan fingerprint density at radius 2 is 2.27 bits per heavy atom.